The van der Waals surface area contributed by atoms with Crippen molar-refractivity contribution in [3.63, 3.8) is 0 Å². The van der Waals surface area contributed by atoms with Gasteiger partial charge in [0.25, 0.3) is 5.24 Å². The summed E-state index contributed by atoms with van der Waals surface area (Å²) in [4.78, 5) is 39.7. The molecule has 3 N–H and O–H groups in total. The van der Waals surface area contributed by atoms with Crippen molar-refractivity contribution in [1.29, 1.82) is 0 Å². The molecule has 1 saturated carbocycles. The van der Waals surface area contributed by atoms with Crippen molar-refractivity contribution in [2.75, 3.05) is 19.4 Å². The Hall–Kier alpha value is -3.00. The van der Waals surface area contributed by atoms with Gasteiger partial charge in [-0.15, -0.1) is 0 Å². The zero-order valence-electron chi connectivity index (χ0n) is 17.8. The van der Waals surface area contributed by atoms with E-state index in [1.54, 1.807) is 38.4 Å². The predicted molar refractivity (Wildman–Crippen MR) is 123 cm³/mol. The molecule has 2 aromatic rings. The van der Waals surface area contributed by atoms with Gasteiger partial charge in [0.05, 0.1) is 0 Å². The van der Waals surface area contributed by atoms with E-state index in [-0.39, 0.29) is 17.2 Å². The molecule has 8 heteroatoms. The van der Waals surface area contributed by atoms with Gasteiger partial charge in [0.1, 0.15) is 5.54 Å². The molecule has 164 valence electrons. The molecule has 7 nitrogen and oxygen atoms in total. The van der Waals surface area contributed by atoms with Crippen LogP contribution in [0.1, 0.15) is 31.2 Å². The summed E-state index contributed by atoms with van der Waals surface area (Å²) in [6.07, 6.45) is 2.97. The highest BCUT2D eigenvalue weighted by Crippen LogP contribution is 2.31. The molecule has 0 aromatic heterocycles. The lowest BCUT2D eigenvalue weighted by Crippen LogP contribution is -2.57. The Kier molecular flexibility index (Phi) is 7.57. The van der Waals surface area contributed by atoms with E-state index in [1.165, 1.54) is 4.90 Å². The number of nitrogens with zero attached hydrogens (tertiary/aromatic N) is 1. The number of nitrogens with one attached hydrogen (secondary N) is 3. The van der Waals surface area contributed by atoms with Gasteiger partial charge in [0.2, 0.25) is 5.91 Å². The van der Waals surface area contributed by atoms with Crippen LogP contribution in [0.4, 0.5) is 15.3 Å². The van der Waals surface area contributed by atoms with Gasteiger partial charge in [0, 0.05) is 31.2 Å². The van der Waals surface area contributed by atoms with Crippen molar-refractivity contribution >= 4 is 34.6 Å². The van der Waals surface area contributed by atoms with Crippen molar-refractivity contribution in [3.8, 4) is 0 Å². The topological polar surface area (TPSA) is 90.5 Å². The second-order valence-electron chi connectivity index (χ2n) is 7.82. The molecule has 0 spiro atoms. The quantitative estimate of drug-likeness (QED) is 0.587. The molecule has 0 saturated heterocycles. The molecule has 31 heavy (non-hydrogen) atoms. The van der Waals surface area contributed by atoms with E-state index < -0.39 is 5.54 Å². The van der Waals surface area contributed by atoms with E-state index in [0.717, 1.165) is 35.1 Å². The second-order valence-corrected chi connectivity index (χ2v) is 8.85. The summed E-state index contributed by atoms with van der Waals surface area (Å²) in [6.45, 7) is 0.398. The number of hydrogen-bond acceptors (Lipinski definition) is 4. The standard InChI is InChI=1S/C23H28N4O3S/c1-27(2)22(30)31-19-12-10-18(11-13-19)25-20(28)23(14-6-7-15-23)26-21(29)24-16-17-8-4-3-5-9-17/h3-5,8-13H,6-7,14-16H2,1-2H3,(H,25,28)(H2,24,26,29). The van der Waals surface area contributed by atoms with Gasteiger partial charge >= 0.3 is 6.03 Å². The van der Waals surface area contributed by atoms with Crippen LogP contribution in [0.5, 0.6) is 0 Å². The minimum Gasteiger partial charge on any atom is -0.339 e. The summed E-state index contributed by atoms with van der Waals surface area (Å²) in [5.74, 6) is -0.218. The average Bonchev–Trinajstić information content (AvgIpc) is 3.24. The Morgan fingerprint density at radius 3 is 2.23 bits per heavy atom. The lowest BCUT2D eigenvalue weighted by atomic mass is 9.96. The Morgan fingerprint density at radius 1 is 0.968 bits per heavy atom. The van der Waals surface area contributed by atoms with E-state index in [1.807, 2.05) is 30.3 Å². The summed E-state index contributed by atoms with van der Waals surface area (Å²) >= 11 is 1.12. The number of hydrogen-bond donors (Lipinski definition) is 3. The Morgan fingerprint density at radius 2 is 1.61 bits per heavy atom. The number of thioether (sulfide) groups is 1. The molecule has 2 aromatic carbocycles. The number of benzene rings is 2. The van der Waals surface area contributed by atoms with Crippen LogP contribution < -0.4 is 16.0 Å². The highest BCUT2D eigenvalue weighted by atomic mass is 32.2. The number of carbonyl (C=O) groups is 3. The molecule has 0 heterocycles. The van der Waals surface area contributed by atoms with Crippen molar-refractivity contribution in [3.05, 3.63) is 60.2 Å². The van der Waals surface area contributed by atoms with Gasteiger partial charge < -0.3 is 20.9 Å². The van der Waals surface area contributed by atoms with Crippen LogP contribution in [0.25, 0.3) is 0 Å². The SMILES string of the molecule is CN(C)C(=O)Sc1ccc(NC(=O)C2(NC(=O)NCc3ccccc3)CCCC2)cc1. The van der Waals surface area contributed by atoms with Crippen LogP contribution in [0.3, 0.4) is 0 Å². The normalized spacial score (nSPS) is 14.5. The smallest absolute Gasteiger partial charge is 0.315 e. The first-order valence-electron chi connectivity index (χ1n) is 10.3. The first-order chi connectivity index (χ1) is 14.9. The highest BCUT2D eigenvalue weighted by molar-refractivity contribution is 8.13. The van der Waals surface area contributed by atoms with Crippen molar-refractivity contribution in [1.82, 2.24) is 15.5 Å². The summed E-state index contributed by atoms with van der Waals surface area (Å²) in [5, 5.41) is 8.61. The minimum absolute atomic E-state index is 0.0626. The Balaban J connectivity index is 1.59. The second kappa shape index (κ2) is 10.3. The van der Waals surface area contributed by atoms with Crippen molar-refractivity contribution in [2.45, 2.75) is 42.7 Å². The molecule has 0 unspecified atom stereocenters. The number of urea groups is 1. The van der Waals surface area contributed by atoms with Crippen LogP contribution in [0, 0.1) is 0 Å². The summed E-state index contributed by atoms with van der Waals surface area (Å²) in [6, 6.07) is 16.4. The summed E-state index contributed by atoms with van der Waals surface area (Å²) in [7, 11) is 3.40. The van der Waals surface area contributed by atoms with Gasteiger partial charge in [-0.05, 0) is 54.4 Å². The molecule has 4 amide bonds. The van der Waals surface area contributed by atoms with E-state index in [2.05, 4.69) is 16.0 Å². The van der Waals surface area contributed by atoms with Gasteiger partial charge in [-0.25, -0.2) is 4.79 Å². The summed E-state index contributed by atoms with van der Waals surface area (Å²) in [5.41, 5.74) is 0.701. The third kappa shape index (κ3) is 6.24. The molecule has 0 aliphatic heterocycles. The van der Waals surface area contributed by atoms with Crippen molar-refractivity contribution in [2.24, 2.45) is 0 Å². The fourth-order valence-corrected chi connectivity index (χ4v) is 4.13. The molecule has 1 aliphatic rings. The molecule has 0 radical (unpaired) electrons. The lowest BCUT2D eigenvalue weighted by molar-refractivity contribution is -0.121. The van der Waals surface area contributed by atoms with E-state index >= 15 is 0 Å². The van der Waals surface area contributed by atoms with Crippen LogP contribution in [0.15, 0.2) is 59.5 Å². The molecular weight excluding hydrogens is 412 g/mol. The monoisotopic (exact) mass is 440 g/mol. The third-order valence-electron chi connectivity index (χ3n) is 5.22. The van der Waals surface area contributed by atoms with E-state index in [0.29, 0.717) is 25.1 Å². The maximum atomic E-state index is 13.1. The largest absolute Gasteiger partial charge is 0.339 e. The first kappa shape index (κ1) is 22.7. The zero-order chi connectivity index (χ0) is 22.3. The van der Waals surface area contributed by atoms with Gasteiger partial charge in [0.15, 0.2) is 0 Å². The molecular formula is C23H28N4O3S. The zero-order valence-corrected chi connectivity index (χ0v) is 18.6. The molecule has 1 aliphatic carbocycles. The Bertz CT molecular complexity index is 910. The molecule has 1 fully saturated rings. The fourth-order valence-electron chi connectivity index (χ4n) is 3.48. The molecule has 0 bridgehead atoms. The maximum Gasteiger partial charge on any atom is 0.315 e. The van der Waals surface area contributed by atoms with Crippen LogP contribution >= 0.6 is 11.8 Å². The van der Waals surface area contributed by atoms with E-state index in [4.69, 9.17) is 0 Å². The van der Waals surface area contributed by atoms with E-state index in [9.17, 15) is 14.4 Å². The lowest BCUT2D eigenvalue weighted by Gasteiger charge is -2.29. The number of anilines is 1. The molecule has 3 rings (SSSR count). The van der Waals surface area contributed by atoms with Crippen molar-refractivity contribution < 1.29 is 14.4 Å². The van der Waals surface area contributed by atoms with Gasteiger partial charge in [-0.3, -0.25) is 9.59 Å². The maximum absolute atomic E-state index is 13.1. The number of rotatable bonds is 6. The number of amides is 4. The summed E-state index contributed by atoms with van der Waals surface area (Å²) < 4.78 is 0. The van der Waals surface area contributed by atoms with Crippen LogP contribution in [0.2, 0.25) is 0 Å². The van der Waals surface area contributed by atoms with Crippen LogP contribution in [-0.4, -0.2) is 41.7 Å². The first-order valence-corrected chi connectivity index (χ1v) is 11.1. The highest BCUT2D eigenvalue weighted by Gasteiger charge is 2.42. The predicted octanol–water partition coefficient (Wildman–Crippen LogP) is 4.21. The fraction of sp³-hybridized carbons (Fsp3) is 0.348. The average molecular weight is 441 g/mol. The number of carbonyl (C=O) groups excluding carboxylic acids is 3. The molecule has 0 atom stereocenters. The Labute approximate surface area is 187 Å². The van der Waals surface area contributed by atoms with Gasteiger partial charge in [-0.2, -0.15) is 0 Å². The minimum atomic E-state index is -0.922. The van der Waals surface area contributed by atoms with Crippen LogP contribution in [-0.2, 0) is 11.3 Å². The van der Waals surface area contributed by atoms with Gasteiger partial charge in [-0.1, -0.05) is 43.2 Å². The third-order valence-corrected chi connectivity index (χ3v) is 6.27.